The van der Waals surface area contributed by atoms with Gasteiger partial charge in [-0.25, -0.2) is 9.59 Å². The van der Waals surface area contributed by atoms with Crippen LogP contribution in [0.4, 0.5) is 26.3 Å². The summed E-state index contributed by atoms with van der Waals surface area (Å²) in [7, 11) is 1.73. The summed E-state index contributed by atoms with van der Waals surface area (Å²) in [4.78, 5) is 24.6. The average Bonchev–Trinajstić information content (AvgIpc) is 3.05. The highest BCUT2D eigenvalue weighted by atomic mass is 19.4. The van der Waals surface area contributed by atoms with Crippen LogP contribution in [0.3, 0.4) is 0 Å². The molecular formula is C20H23F6N3O6. The SMILES string of the molecule is COCc1cncc2c1CCN(Cc1c(C)noc1C)C2.O=C(O)C(F)(F)F.O=C(O)C(F)(F)F. The van der Waals surface area contributed by atoms with Gasteiger partial charge in [0.2, 0.25) is 0 Å². The lowest BCUT2D eigenvalue weighted by molar-refractivity contribution is -0.193. The first kappa shape index (κ1) is 29.8. The molecule has 0 aromatic carbocycles. The van der Waals surface area contributed by atoms with E-state index in [2.05, 4.69) is 15.0 Å². The molecule has 0 saturated carbocycles. The minimum absolute atomic E-state index is 0.639. The Morgan fingerprint density at radius 3 is 2.06 bits per heavy atom. The zero-order chi connectivity index (χ0) is 27.0. The first-order valence-corrected chi connectivity index (χ1v) is 9.75. The van der Waals surface area contributed by atoms with Gasteiger partial charge < -0.3 is 19.5 Å². The normalized spacial score (nSPS) is 13.6. The predicted molar refractivity (Wildman–Crippen MR) is 106 cm³/mol. The van der Waals surface area contributed by atoms with E-state index in [1.165, 1.54) is 22.3 Å². The number of aliphatic carboxylic acids is 2. The molecule has 0 saturated heterocycles. The maximum absolute atomic E-state index is 10.6. The second-order valence-corrected chi connectivity index (χ2v) is 7.24. The van der Waals surface area contributed by atoms with Crippen LogP contribution in [0, 0.1) is 13.8 Å². The van der Waals surface area contributed by atoms with Crippen molar-refractivity contribution in [2.24, 2.45) is 0 Å². The van der Waals surface area contributed by atoms with Gasteiger partial charge in [0, 0.05) is 44.7 Å². The number of carboxylic acids is 2. The number of fused-ring (bicyclic) bond motifs is 1. The number of rotatable bonds is 4. The molecule has 0 radical (unpaired) electrons. The maximum Gasteiger partial charge on any atom is 0.490 e. The molecule has 0 unspecified atom stereocenters. The van der Waals surface area contributed by atoms with Crippen molar-refractivity contribution < 1.29 is 55.4 Å². The number of pyridine rings is 1. The van der Waals surface area contributed by atoms with Gasteiger partial charge in [-0.2, -0.15) is 26.3 Å². The van der Waals surface area contributed by atoms with E-state index in [0.717, 1.165) is 37.5 Å². The molecule has 0 bridgehead atoms. The van der Waals surface area contributed by atoms with Gasteiger partial charge in [-0.3, -0.25) is 9.88 Å². The van der Waals surface area contributed by atoms with Gasteiger partial charge >= 0.3 is 24.3 Å². The Bertz CT molecular complexity index is 963. The summed E-state index contributed by atoms with van der Waals surface area (Å²) in [6, 6.07) is 0. The summed E-state index contributed by atoms with van der Waals surface area (Å²) in [5, 5.41) is 18.3. The fraction of sp³-hybridized carbons (Fsp3) is 0.500. The third-order valence-corrected chi connectivity index (χ3v) is 4.66. The van der Waals surface area contributed by atoms with Crippen molar-refractivity contribution >= 4 is 11.9 Å². The summed E-state index contributed by atoms with van der Waals surface area (Å²) in [6.45, 7) is 7.46. The summed E-state index contributed by atoms with van der Waals surface area (Å²) in [5.41, 5.74) is 6.13. The van der Waals surface area contributed by atoms with Crippen molar-refractivity contribution in [3.63, 3.8) is 0 Å². The molecule has 1 aliphatic heterocycles. The van der Waals surface area contributed by atoms with Gasteiger partial charge in [-0.15, -0.1) is 0 Å². The molecular weight excluding hydrogens is 492 g/mol. The zero-order valence-electron chi connectivity index (χ0n) is 18.8. The third-order valence-electron chi connectivity index (χ3n) is 4.66. The van der Waals surface area contributed by atoms with Crippen LogP contribution in [-0.4, -0.2) is 63.2 Å². The van der Waals surface area contributed by atoms with Crippen LogP contribution in [0.2, 0.25) is 0 Å². The molecule has 0 atom stereocenters. The van der Waals surface area contributed by atoms with Crippen molar-refractivity contribution in [1.82, 2.24) is 15.0 Å². The maximum atomic E-state index is 10.6. The lowest BCUT2D eigenvalue weighted by atomic mass is 9.97. The lowest BCUT2D eigenvalue weighted by Crippen LogP contribution is -2.31. The average molecular weight is 515 g/mol. The first-order chi connectivity index (χ1) is 16.1. The summed E-state index contributed by atoms with van der Waals surface area (Å²) in [6.07, 6.45) is -5.22. The second-order valence-electron chi connectivity index (χ2n) is 7.24. The molecule has 0 amide bonds. The zero-order valence-corrected chi connectivity index (χ0v) is 18.8. The highest BCUT2D eigenvalue weighted by Crippen LogP contribution is 2.24. The smallest absolute Gasteiger partial charge is 0.475 e. The van der Waals surface area contributed by atoms with Crippen molar-refractivity contribution in [2.75, 3.05) is 13.7 Å². The number of carboxylic acid groups (broad SMARTS) is 2. The van der Waals surface area contributed by atoms with Gasteiger partial charge in [-0.1, -0.05) is 5.16 Å². The van der Waals surface area contributed by atoms with Crippen LogP contribution in [0.5, 0.6) is 0 Å². The predicted octanol–water partition coefficient (Wildman–Crippen LogP) is 3.66. The molecule has 1 aliphatic rings. The number of hydrogen-bond acceptors (Lipinski definition) is 7. The van der Waals surface area contributed by atoms with Crippen LogP contribution in [0.15, 0.2) is 16.9 Å². The van der Waals surface area contributed by atoms with Gasteiger partial charge in [0.1, 0.15) is 5.76 Å². The number of hydrogen-bond donors (Lipinski definition) is 2. The topological polar surface area (TPSA) is 126 Å². The van der Waals surface area contributed by atoms with Crippen molar-refractivity contribution in [1.29, 1.82) is 0 Å². The van der Waals surface area contributed by atoms with E-state index in [1.54, 1.807) is 7.11 Å². The molecule has 9 nitrogen and oxygen atoms in total. The van der Waals surface area contributed by atoms with Crippen LogP contribution in [-0.2, 0) is 40.4 Å². The van der Waals surface area contributed by atoms with E-state index in [9.17, 15) is 26.3 Å². The standard InChI is InChI=1S/C16H21N3O2.2C2HF3O2/c1-11-16(12(2)21-18-11)9-19-5-4-15-13(8-19)6-17-7-14(15)10-20-3;2*3-2(4,5)1(6)7/h6-7H,4-5,8-10H2,1-3H3;2*(H,6,7). The summed E-state index contributed by atoms with van der Waals surface area (Å²) < 4.78 is 74.0. The van der Waals surface area contributed by atoms with Gasteiger partial charge in [0.05, 0.1) is 12.3 Å². The van der Waals surface area contributed by atoms with Crippen LogP contribution in [0.25, 0.3) is 0 Å². The van der Waals surface area contributed by atoms with E-state index in [1.807, 2.05) is 26.2 Å². The summed E-state index contributed by atoms with van der Waals surface area (Å²) >= 11 is 0. The number of aryl methyl sites for hydroxylation is 2. The fourth-order valence-corrected chi connectivity index (χ4v) is 2.99. The second kappa shape index (κ2) is 12.5. The van der Waals surface area contributed by atoms with Crippen LogP contribution < -0.4 is 0 Å². The van der Waals surface area contributed by atoms with Gasteiger partial charge in [0.25, 0.3) is 0 Å². The molecule has 2 aromatic heterocycles. The van der Waals surface area contributed by atoms with Crippen LogP contribution >= 0.6 is 0 Å². The Labute approximate surface area is 195 Å². The number of alkyl halides is 6. The van der Waals surface area contributed by atoms with E-state index in [4.69, 9.17) is 29.1 Å². The highest BCUT2D eigenvalue weighted by Gasteiger charge is 2.38. The van der Waals surface area contributed by atoms with E-state index >= 15 is 0 Å². The van der Waals surface area contributed by atoms with E-state index < -0.39 is 24.3 Å². The molecule has 0 fully saturated rings. The van der Waals surface area contributed by atoms with Gasteiger partial charge in [0.15, 0.2) is 0 Å². The lowest BCUT2D eigenvalue weighted by Gasteiger charge is -2.29. The highest BCUT2D eigenvalue weighted by molar-refractivity contribution is 5.73. The fourth-order valence-electron chi connectivity index (χ4n) is 2.99. The Morgan fingerprint density at radius 2 is 1.63 bits per heavy atom. The molecule has 196 valence electrons. The quantitative estimate of drug-likeness (QED) is 0.587. The molecule has 2 N–H and O–H groups in total. The Kier molecular flexibility index (Phi) is 10.6. The Morgan fingerprint density at radius 1 is 1.09 bits per heavy atom. The molecule has 3 heterocycles. The van der Waals surface area contributed by atoms with Crippen molar-refractivity contribution in [3.05, 3.63) is 46.1 Å². The minimum Gasteiger partial charge on any atom is -0.475 e. The molecule has 35 heavy (non-hydrogen) atoms. The number of nitrogens with zero attached hydrogens (tertiary/aromatic N) is 3. The van der Waals surface area contributed by atoms with Gasteiger partial charge in [-0.05, 0) is 37.0 Å². The van der Waals surface area contributed by atoms with Crippen molar-refractivity contribution in [2.45, 2.75) is 52.3 Å². The molecule has 15 heteroatoms. The van der Waals surface area contributed by atoms with Crippen molar-refractivity contribution in [3.8, 4) is 0 Å². The number of halogens is 6. The number of ether oxygens (including phenoxy) is 1. The molecule has 3 rings (SSSR count). The largest absolute Gasteiger partial charge is 0.490 e. The Balaban J connectivity index is 0.000000362. The molecule has 2 aromatic rings. The minimum atomic E-state index is -5.08. The molecule has 0 aliphatic carbocycles. The summed E-state index contributed by atoms with van der Waals surface area (Å²) in [5.74, 6) is -4.59. The number of aromatic nitrogens is 2. The number of carbonyl (C=O) groups is 2. The first-order valence-electron chi connectivity index (χ1n) is 9.75. The Hall–Kier alpha value is -3.20. The third kappa shape index (κ3) is 9.52. The van der Waals surface area contributed by atoms with E-state index in [0.29, 0.717) is 6.61 Å². The monoisotopic (exact) mass is 515 g/mol. The van der Waals surface area contributed by atoms with Crippen LogP contribution in [0.1, 0.15) is 33.7 Å². The number of methoxy groups -OCH3 is 1. The van der Waals surface area contributed by atoms with E-state index in [-0.39, 0.29) is 0 Å². The molecule has 0 spiro atoms.